The van der Waals surface area contributed by atoms with Gasteiger partial charge in [-0.2, -0.15) is 21.6 Å². The van der Waals surface area contributed by atoms with Crippen LogP contribution in [0.4, 0.5) is 13.2 Å². The molecule has 0 spiro atoms. The van der Waals surface area contributed by atoms with E-state index in [9.17, 15) is 31.2 Å². The van der Waals surface area contributed by atoms with Gasteiger partial charge in [-0.3, -0.25) is 14.1 Å². The number of carbonyl (C=O) groups is 2. The van der Waals surface area contributed by atoms with Crippen LogP contribution in [-0.4, -0.2) is 49.4 Å². The summed E-state index contributed by atoms with van der Waals surface area (Å²) in [4.78, 5) is 23.2. The standard InChI is InChI=1S/C14H15F3INO6S/c15-14(16,17)11(8-26(22,23)24)25-12(20)2-1-7-19-13(21)9-3-5-10(18)6-4-9/h3-6,11H,1-2,7-8H2,(H,19,21)(H,22,23,24). The molecular weight excluding hydrogens is 494 g/mol. The number of carbonyl (C=O) groups excluding carboxylic acids is 2. The predicted molar refractivity (Wildman–Crippen MR) is 93.1 cm³/mol. The molecule has 0 aromatic heterocycles. The first-order valence-electron chi connectivity index (χ1n) is 7.13. The van der Waals surface area contributed by atoms with E-state index in [4.69, 9.17) is 4.55 Å². The summed E-state index contributed by atoms with van der Waals surface area (Å²) in [6.07, 6.45) is -8.56. The number of hydrogen-bond acceptors (Lipinski definition) is 5. The first kappa shape index (κ1) is 22.6. The summed E-state index contributed by atoms with van der Waals surface area (Å²) in [5.74, 6) is -3.47. The molecule has 1 aromatic rings. The van der Waals surface area contributed by atoms with Gasteiger partial charge >= 0.3 is 12.1 Å². The smallest absolute Gasteiger partial charge is 0.426 e. The van der Waals surface area contributed by atoms with Crippen molar-refractivity contribution in [3.05, 3.63) is 33.4 Å². The summed E-state index contributed by atoms with van der Waals surface area (Å²) < 4.78 is 72.5. The first-order valence-corrected chi connectivity index (χ1v) is 9.82. The number of hydrogen-bond donors (Lipinski definition) is 2. The Morgan fingerprint density at radius 2 is 1.81 bits per heavy atom. The zero-order valence-electron chi connectivity index (χ0n) is 13.1. The lowest BCUT2D eigenvalue weighted by atomic mass is 10.2. The molecule has 7 nitrogen and oxygen atoms in total. The molecule has 0 saturated carbocycles. The van der Waals surface area contributed by atoms with Crippen LogP contribution in [0.2, 0.25) is 0 Å². The molecule has 1 rings (SSSR count). The van der Waals surface area contributed by atoms with Gasteiger partial charge in [-0.25, -0.2) is 0 Å². The molecule has 0 aliphatic rings. The molecule has 12 heteroatoms. The van der Waals surface area contributed by atoms with Crippen molar-refractivity contribution < 1.29 is 40.5 Å². The lowest BCUT2D eigenvalue weighted by molar-refractivity contribution is -0.215. The molecule has 0 heterocycles. The molecule has 1 atom stereocenters. The Morgan fingerprint density at radius 3 is 2.31 bits per heavy atom. The molecule has 0 fully saturated rings. The normalized spacial score (nSPS) is 13.1. The Kier molecular flexibility index (Phi) is 8.27. The number of halogens is 4. The van der Waals surface area contributed by atoms with Crippen LogP contribution in [-0.2, 0) is 19.6 Å². The molecule has 26 heavy (non-hydrogen) atoms. The SMILES string of the molecule is O=C(CCCNC(=O)c1ccc(I)cc1)OC(CS(=O)(=O)O)C(F)(F)F. The summed E-state index contributed by atoms with van der Waals surface area (Å²) in [5.41, 5.74) is 0.387. The summed E-state index contributed by atoms with van der Waals surface area (Å²) >= 11 is 2.07. The fraction of sp³-hybridized carbons (Fsp3) is 0.429. The number of alkyl halides is 3. The Hall–Kier alpha value is -1.41. The van der Waals surface area contributed by atoms with Crippen molar-refractivity contribution in [2.45, 2.75) is 25.1 Å². The molecule has 0 saturated heterocycles. The van der Waals surface area contributed by atoms with Crippen LogP contribution >= 0.6 is 22.6 Å². The fourth-order valence-electron chi connectivity index (χ4n) is 1.74. The zero-order chi connectivity index (χ0) is 20.0. The Bertz CT molecular complexity index is 736. The van der Waals surface area contributed by atoms with Gasteiger partial charge in [-0.05, 0) is 53.3 Å². The first-order chi connectivity index (χ1) is 11.9. The van der Waals surface area contributed by atoms with Gasteiger partial charge in [0.1, 0.15) is 5.75 Å². The van der Waals surface area contributed by atoms with Crippen LogP contribution in [0, 0.1) is 3.57 Å². The van der Waals surface area contributed by atoms with E-state index < -0.39 is 46.4 Å². The highest BCUT2D eigenvalue weighted by Crippen LogP contribution is 2.24. The number of ether oxygens (including phenoxy) is 1. The van der Waals surface area contributed by atoms with Crippen molar-refractivity contribution in [3.8, 4) is 0 Å². The van der Waals surface area contributed by atoms with Crippen molar-refractivity contribution in [2.24, 2.45) is 0 Å². The van der Waals surface area contributed by atoms with Gasteiger partial charge in [-0.1, -0.05) is 0 Å². The maximum Gasteiger partial charge on any atom is 0.426 e. The van der Waals surface area contributed by atoms with E-state index in [1.165, 1.54) is 0 Å². The van der Waals surface area contributed by atoms with Crippen molar-refractivity contribution in [1.29, 1.82) is 0 Å². The number of rotatable bonds is 8. The third kappa shape index (κ3) is 8.80. The Balaban J connectivity index is 2.43. The Morgan fingerprint density at radius 1 is 1.23 bits per heavy atom. The van der Waals surface area contributed by atoms with E-state index in [0.717, 1.165) is 3.57 Å². The monoisotopic (exact) mass is 509 g/mol. The summed E-state index contributed by atoms with van der Waals surface area (Å²) in [6, 6.07) is 6.63. The maximum atomic E-state index is 12.6. The van der Waals surface area contributed by atoms with Crippen molar-refractivity contribution in [2.75, 3.05) is 12.3 Å². The number of esters is 1. The van der Waals surface area contributed by atoms with E-state index in [-0.39, 0.29) is 13.0 Å². The molecule has 0 bridgehead atoms. The second-order valence-electron chi connectivity index (χ2n) is 5.14. The van der Waals surface area contributed by atoms with E-state index in [2.05, 4.69) is 32.6 Å². The van der Waals surface area contributed by atoms with Crippen molar-refractivity contribution in [3.63, 3.8) is 0 Å². The highest BCUT2D eigenvalue weighted by atomic mass is 127. The van der Waals surface area contributed by atoms with Gasteiger partial charge in [0.05, 0.1) is 0 Å². The van der Waals surface area contributed by atoms with E-state index in [1.807, 2.05) is 0 Å². The average molecular weight is 509 g/mol. The highest BCUT2D eigenvalue weighted by molar-refractivity contribution is 14.1. The summed E-state index contributed by atoms with van der Waals surface area (Å²) in [7, 11) is -4.98. The third-order valence-corrected chi connectivity index (χ3v) is 4.39. The third-order valence-electron chi connectivity index (χ3n) is 2.95. The van der Waals surface area contributed by atoms with Crippen LogP contribution in [0.1, 0.15) is 23.2 Å². The molecule has 2 N–H and O–H groups in total. The molecule has 0 aliphatic carbocycles. The minimum Gasteiger partial charge on any atom is -0.451 e. The fourth-order valence-corrected chi connectivity index (χ4v) is 2.74. The molecule has 146 valence electrons. The molecule has 1 unspecified atom stereocenters. The van der Waals surface area contributed by atoms with E-state index in [1.54, 1.807) is 24.3 Å². The summed E-state index contributed by atoms with van der Waals surface area (Å²) in [5, 5.41) is 2.49. The predicted octanol–water partition coefficient (Wildman–Crippen LogP) is 2.16. The second-order valence-corrected chi connectivity index (χ2v) is 7.88. The molecule has 1 amide bonds. The molecule has 0 aliphatic heterocycles. The maximum absolute atomic E-state index is 12.6. The van der Waals surface area contributed by atoms with Crippen LogP contribution in [0.3, 0.4) is 0 Å². The van der Waals surface area contributed by atoms with Gasteiger partial charge in [0.2, 0.25) is 6.10 Å². The minimum absolute atomic E-state index is 0.00854. The summed E-state index contributed by atoms with van der Waals surface area (Å²) in [6.45, 7) is 0.00883. The largest absolute Gasteiger partial charge is 0.451 e. The number of amides is 1. The van der Waals surface area contributed by atoms with Crippen molar-refractivity contribution in [1.82, 2.24) is 5.32 Å². The van der Waals surface area contributed by atoms with Crippen LogP contribution in [0.25, 0.3) is 0 Å². The topological polar surface area (TPSA) is 110 Å². The van der Waals surface area contributed by atoms with Crippen LogP contribution < -0.4 is 5.32 Å². The van der Waals surface area contributed by atoms with E-state index in [0.29, 0.717) is 5.56 Å². The number of nitrogens with one attached hydrogen (secondary N) is 1. The quantitative estimate of drug-likeness (QED) is 0.241. The molecular formula is C14H15F3INO6S. The van der Waals surface area contributed by atoms with Crippen LogP contribution in [0.15, 0.2) is 24.3 Å². The zero-order valence-corrected chi connectivity index (χ0v) is 16.1. The minimum atomic E-state index is -5.13. The van der Waals surface area contributed by atoms with Crippen LogP contribution in [0.5, 0.6) is 0 Å². The van der Waals surface area contributed by atoms with Gasteiger partial charge < -0.3 is 10.1 Å². The van der Waals surface area contributed by atoms with Crippen molar-refractivity contribution >= 4 is 44.6 Å². The lowest BCUT2D eigenvalue weighted by Crippen LogP contribution is -2.39. The van der Waals surface area contributed by atoms with Gasteiger partial charge in [0.25, 0.3) is 16.0 Å². The number of benzene rings is 1. The van der Waals surface area contributed by atoms with E-state index >= 15 is 0 Å². The van der Waals surface area contributed by atoms with Gasteiger partial charge in [0, 0.05) is 22.1 Å². The highest BCUT2D eigenvalue weighted by Gasteiger charge is 2.45. The molecule has 1 aromatic carbocycles. The average Bonchev–Trinajstić information content (AvgIpc) is 2.49. The molecule has 0 radical (unpaired) electrons. The second kappa shape index (κ2) is 9.50. The van der Waals surface area contributed by atoms with Gasteiger partial charge in [0.15, 0.2) is 0 Å². The Labute approximate surface area is 161 Å². The lowest BCUT2D eigenvalue weighted by Gasteiger charge is -2.19. The van der Waals surface area contributed by atoms with Gasteiger partial charge in [-0.15, -0.1) is 0 Å².